The van der Waals surface area contributed by atoms with Gasteiger partial charge in [0.2, 0.25) is 6.10 Å². The predicted molar refractivity (Wildman–Crippen MR) is 82.4 cm³/mol. The number of rotatable bonds is 2. The molecular formula is C17H12ClF3O2. The van der Waals surface area contributed by atoms with E-state index in [0.717, 1.165) is 5.56 Å². The highest BCUT2D eigenvalue weighted by atomic mass is 35.5. The first-order valence-electron chi connectivity index (χ1n) is 6.84. The van der Waals surface area contributed by atoms with Gasteiger partial charge in [0, 0.05) is 21.7 Å². The van der Waals surface area contributed by atoms with Crippen molar-refractivity contribution in [1.29, 1.82) is 0 Å². The second-order valence-corrected chi connectivity index (χ2v) is 5.56. The summed E-state index contributed by atoms with van der Waals surface area (Å²) in [6.07, 6.45) is -5.47. The Hall–Kier alpha value is -1.98. The summed E-state index contributed by atoms with van der Waals surface area (Å²) < 4.78 is 44.3. The first-order chi connectivity index (χ1) is 10.9. The molecule has 3 rings (SSSR count). The average molecular weight is 341 g/mol. The topological polar surface area (TPSA) is 29.5 Å². The van der Waals surface area contributed by atoms with Gasteiger partial charge in [-0.05, 0) is 23.8 Å². The Bertz CT molecular complexity index is 754. The van der Waals surface area contributed by atoms with E-state index in [9.17, 15) is 18.3 Å². The molecule has 0 saturated carbocycles. The van der Waals surface area contributed by atoms with Crippen LogP contribution < -0.4 is 4.74 Å². The zero-order valence-electron chi connectivity index (χ0n) is 11.8. The molecule has 0 aliphatic carbocycles. The molecule has 0 radical (unpaired) electrons. The van der Waals surface area contributed by atoms with Gasteiger partial charge < -0.3 is 9.84 Å². The van der Waals surface area contributed by atoms with Crippen molar-refractivity contribution in [1.82, 2.24) is 0 Å². The third kappa shape index (κ3) is 3.07. The predicted octanol–water partition coefficient (Wildman–Crippen LogP) is 4.71. The van der Waals surface area contributed by atoms with Gasteiger partial charge in [-0.25, -0.2) is 0 Å². The number of ether oxygens (including phenoxy) is 1. The number of aliphatic hydroxyl groups excluding tert-OH is 1. The zero-order chi connectivity index (χ0) is 16.6. The van der Waals surface area contributed by atoms with Gasteiger partial charge in [-0.15, -0.1) is 0 Å². The number of hydrogen-bond acceptors (Lipinski definition) is 2. The number of hydrogen-bond donors (Lipinski definition) is 1. The highest BCUT2D eigenvalue weighted by molar-refractivity contribution is 6.33. The molecule has 0 spiro atoms. The van der Waals surface area contributed by atoms with Crippen LogP contribution in [0.3, 0.4) is 0 Å². The first kappa shape index (κ1) is 15.9. The van der Waals surface area contributed by atoms with E-state index in [0.29, 0.717) is 16.1 Å². The van der Waals surface area contributed by atoms with E-state index in [4.69, 9.17) is 16.3 Å². The summed E-state index contributed by atoms with van der Waals surface area (Å²) in [4.78, 5) is 0. The largest absolute Gasteiger partial charge is 0.476 e. The Balaban J connectivity index is 2.10. The third-order valence-corrected chi connectivity index (χ3v) is 3.90. The average Bonchev–Trinajstić information content (AvgIpc) is 2.53. The quantitative estimate of drug-likeness (QED) is 0.858. The summed E-state index contributed by atoms with van der Waals surface area (Å²) >= 11 is 6.24. The van der Waals surface area contributed by atoms with Gasteiger partial charge in [-0.2, -0.15) is 13.2 Å². The highest BCUT2D eigenvalue weighted by Crippen LogP contribution is 2.41. The van der Waals surface area contributed by atoms with Crippen LogP contribution in [-0.4, -0.2) is 24.0 Å². The smallest absolute Gasteiger partial charge is 0.429 e. The molecule has 1 heterocycles. The minimum absolute atomic E-state index is 0.0905. The molecular weight excluding hydrogens is 329 g/mol. The number of alkyl halides is 3. The molecule has 0 fully saturated rings. The van der Waals surface area contributed by atoms with Crippen molar-refractivity contribution >= 4 is 17.7 Å². The third-order valence-electron chi connectivity index (χ3n) is 3.59. The number of aliphatic hydroxyl groups is 1. The molecule has 0 saturated heterocycles. The molecule has 23 heavy (non-hydrogen) atoms. The van der Waals surface area contributed by atoms with E-state index < -0.39 is 18.9 Å². The number of halogens is 4. The normalized spacial score (nSPS) is 17.3. The second kappa shape index (κ2) is 5.91. The van der Waals surface area contributed by atoms with Gasteiger partial charge >= 0.3 is 6.18 Å². The van der Waals surface area contributed by atoms with Crippen molar-refractivity contribution in [3.05, 3.63) is 58.6 Å². The Morgan fingerprint density at radius 2 is 1.83 bits per heavy atom. The van der Waals surface area contributed by atoms with Crippen molar-refractivity contribution in [2.75, 3.05) is 6.61 Å². The van der Waals surface area contributed by atoms with Crippen LogP contribution in [0, 0.1) is 0 Å². The fourth-order valence-electron chi connectivity index (χ4n) is 2.51. The van der Waals surface area contributed by atoms with Gasteiger partial charge in [0.1, 0.15) is 5.75 Å². The maximum absolute atomic E-state index is 13.1. The molecule has 120 valence electrons. The van der Waals surface area contributed by atoms with Gasteiger partial charge in [-0.1, -0.05) is 41.9 Å². The highest BCUT2D eigenvalue weighted by Gasteiger charge is 2.45. The maximum atomic E-state index is 13.1. The molecule has 1 aliphatic rings. The molecule has 0 aromatic heterocycles. The molecule has 2 aromatic rings. The van der Waals surface area contributed by atoms with E-state index in [1.54, 1.807) is 6.07 Å². The minimum atomic E-state index is -4.60. The van der Waals surface area contributed by atoms with Crippen molar-refractivity contribution in [2.24, 2.45) is 0 Å². The summed E-state index contributed by atoms with van der Waals surface area (Å²) in [6, 6.07) is 12.1. The summed E-state index contributed by atoms with van der Waals surface area (Å²) in [5.41, 5.74) is 1.55. The van der Waals surface area contributed by atoms with E-state index in [1.807, 2.05) is 30.3 Å². The lowest BCUT2D eigenvalue weighted by Crippen LogP contribution is -2.38. The summed E-state index contributed by atoms with van der Waals surface area (Å²) in [5, 5.41) is 9.57. The zero-order valence-corrected chi connectivity index (χ0v) is 12.5. The standard InChI is InChI=1S/C17H12ClF3O2/c18-14-7-11-6-12(9-22)16(17(19,20)21)23-15(11)8-13(14)10-4-2-1-3-5-10/h1-8,16,22H,9H2. The second-order valence-electron chi connectivity index (χ2n) is 5.15. The van der Waals surface area contributed by atoms with Crippen LogP contribution in [0.5, 0.6) is 5.75 Å². The van der Waals surface area contributed by atoms with Crippen LogP contribution in [-0.2, 0) is 0 Å². The van der Waals surface area contributed by atoms with Crippen LogP contribution in [0.2, 0.25) is 5.02 Å². The Kier molecular flexibility index (Phi) is 4.08. The Labute approximate surface area is 135 Å². The van der Waals surface area contributed by atoms with Crippen molar-refractivity contribution in [3.63, 3.8) is 0 Å². The van der Waals surface area contributed by atoms with Crippen LogP contribution in [0.4, 0.5) is 13.2 Å². The first-order valence-corrected chi connectivity index (χ1v) is 7.21. The fourth-order valence-corrected chi connectivity index (χ4v) is 2.79. The molecule has 6 heteroatoms. The van der Waals surface area contributed by atoms with Crippen LogP contribution in [0.25, 0.3) is 17.2 Å². The van der Waals surface area contributed by atoms with Crippen molar-refractivity contribution in [2.45, 2.75) is 12.3 Å². The summed E-state index contributed by atoms with van der Waals surface area (Å²) in [7, 11) is 0. The summed E-state index contributed by atoms with van der Waals surface area (Å²) in [5.74, 6) is 0.0905. The minimum Gasteiger partial charge on any atom is -0.476 e. The van der Waals surface area contributed by atoms with Crippen molar-refractivity contribution in [3.8, 4) is 16.9 Å². The number of benzene rings is 2. The maximum Gasteiger partial charge on any atom is 0.429 e. The molecule has 0 bridgehead atoms. The lowest BCUT2D eigenvalue weighted by molar-refractivity contribution is -0.185. The molecule has 0 amide bonds. The lowest BCUT2D eigenvalue weighted by atomic mass is 9.98. The molecule has 1 aliphatic heterocycles. The van der Waals surface area contributed by atoms with Crippen LogP contribution >= 0.6 is 11.6 Å². The summed E-state index contributed by atoms with van der Waals surface area (Å²) in [6.45, 7) is -0.734. The van der Waals surface area contributed by atoms with E-state index in [1.165, 1.54) is 12.1 Å². The molecule has 1 N–H and O–H groups in total. The van der Waals surface area contributed by atoms with Gasteiger partial charge in [0.25, 0.3) is 0 Å². The molecule has 1 atom stereocenters. The van der Waals surface area contributed by atoms with E-state index in [2.05, 4.69) is 0 Å². The van der Waals surface area contributed by atoms with Crippen LogP contribution in [0.15, 0.2) is 48.0 Å². The lowest BCUT2D eigenvalue weighted by Gasteiger charge is -2.28. The molecule has 1 unspecified atom stereocenters. The van der Waals surface area contributed by atoms with Crippen molar-refractivity contribution < 1.29 is 23.0 Å². The van der Waals surface area contributed by atoms with Crippen LogP contribution in [0.1, 0.15) is 5.56 Å². The van der Waals surface area contributed by atoms with Gasteiger partial charge in [0.05, 0.1) is 6.61 Å². The molecule has 2 aromatic carbocycles. The van der Waals surface area contributed by atoms with E-state index in [-0.39, 0.29) is 11.3 Å². The van der Waals surface area contributed by atoms with Gasteiger partial charge in [0.15, 0.2) is 0 Å². The SMILES string of the molecule is OCC1=Cc2cc(Cl)c(-c3ccccc3)cc2OC1C(F)(F)F. The fraction of sp³-hybridized carbons (Fsp3) is 0.176. The van der Waals surface area contributed by atoms with Gasteiger partial charge in [-0.3, -0.25) is 0 Å². The Morgan fingerprint density at radius 3 is 2.43 bits per heavy atom. The Morgan fingerprint density at radius 1 is 1.13 bits per heavy atom. The van der Waals surface area contributed by atoms with E-state index >= 15 is 0 Å². The molecule has 2 nitrogen and oxygen atoms in total. The number of fused-ring (bicyclic) bond motifs is 1. The monoisotopic (exact) mass is 340 g/mol.